The third-order valence-electron chi connectivity index (χ3n) is 3.26. The molecule has 0 bridgehead atoms. The van der Waals surface area contributed by atoms with E-state index in [1.165, 1.54) is 5.56 Å². The molecule has 1 rings (SSSR count). The minimum atomic E-state index is -0.120. The van der Waals surface area contributed by atoms with E-state index >= 15 is 0 Å². The van der Waals surface area contributed by atoms with E-state index in [1.54, 1.807) is 6.07 Å². The second-order valence-electron chi connectivity index (χ2n) is 6.16. The van der Waals surface area contributed by atoms with Crippen LogP contribution in [0.1, 0.15) is 57.6 Å². The van der Waals surface area contributed by atoms with E-state index in [0.717, 1.165) is 19.4 Å². The Morgan fingerprint density at radius 1 is 1.26 bits per heavy atom. The Morgan fingerprint density at radius 3 is 2.47 bits per heavy atom. The summed E-state index contributed by atoms with van der Waals surface area (Å²) >= 11 is 0. The molecule has 108 valence electrons. The van der Waals surface area contributed by atoms with Crippen molar-refractivity contribution < 1.29 is 10.2 Å². The van der Waals surface area contributed by atoms with Gasteiger partial charge in [-0.1, -0.05) is 19.4 Å². The lowest BCUT2D eigenvalue weighted by molar-refractivity contribution is 0.275. The highest BCUT2D eigenvalue weighted by Crippen LogP contribution is 2.26. The zero-order valence-electron chi connectivity index (χ0n) is 12.5. The third kappa shape index (κ3) is 5.21. The first-order valence-electron chi connectivity index (χ1n) is 7.05. The van der Waals surface area contributed by atoms with Gasteiger partial charge in [-0.05, 0) is 50.8 Å². The number of phenols is 1. The molecule has 1 aromatic carbocycles. The molecular weight excluding hydrogens is 238 g/mol. The predicted molar refractivity (Wildman–Crippen MR) is 79.4 cm³/mol. The normalized spacial score (nSPS) is 13.5. The van der Waals surface area contributed by atoms with Gasteiger partial charge in [-0.25, -0.2) is 0 Å². The van der Waals surface area contributed by atoms with Gasteiger partial charge in [-0.15, -0.1) is 0 Å². The summed E-state index contributed by atoms with van der Waals surface area (Å²) in [6, 6.07) is 5.56. The van der Waals surface area contributed by atoms with Crippen molar-refractivity contribution in [2.75, 3.05) is 6.54 Å². The molecule has 0 aliphatic carbocycles. The number of aromatic hydroxyl groups is 1. The van der Waals surface area contributed by atoms with Crippen LogP contribution >= 0.6 is 0 Å². The van der Waals surface area contributed by atoms with Gasteiger partial charge in [0.1, 0.15) is 5.75 Å². The molecule has 3 nitrogen and oxygen atoms in total. The van der Waals surface area contributed by atoms with Gasteiger partial charge in [0, 0.05) is 17.6 Å². The minimum Gasteiger partial charge on any atom is -0.508 e. The predicted octanol–water partition coefficient (Wildman–Crippen LogP) is 3.16. The molecule has 0 aliphatic rings. The number of hydrogen-bond donors (Lipinski definition) is 3. The summed E-state index contributed by atoms with van der Waals surface area (Å²) in [5.41, 5.74) is 1.89. The topological polar surface area (TPSA) is 52.5 Å². The number of nitrogens with one attached hydrogen (secondary N) is 1. The summed E-state index contributed by atoms with van der Waals surface area (Å²) in [7, 11) is 0. The molecular formula is C16H27NO2. The van der Waals surface area contributed by atoms with Crippen LogP contribution in [0.25, 0.3) is 0 Å². The van der Waals surface area contributed by atoms with Gasteiger partial charge < -0.3 is 15.5 Å². The van der Waals surface area contributed by atoms with Crippen molar-refractivity contribution in [2.24, 2.45) is 0 Å². The summed E-state index contributed by atoms with van der Waals surface area (Å²) in [5, 5.41) is 22.4. The molecule has 1 unspecified atom stereocenters. The highest BCUT2D eigenvalue weighted by molar-refractivity contribution is 5.37. The highest BCUT2D eigenvalue weighted by atomic mass is 16.3. The summed E-state index contributed by atoms with van der Waals surface area (Å²) in [6.07, 6.45) is 2.21. The Kier molecular flexibility index (Phi) is 5.83. The van der Waals surface area contributed by atoms with E-state index < -0.39 is 0 Å². The van der Waals surface area contributed by atoms with Crippen molar-refractivity contribution in [2.45, 2.75) is 58.6 Å². The van der Waals surface area contributed by atoms with Crippen LogP contribution in [0.3, 0.4) is 0 Å². The molecule has 0 heterocycles. The first kappa shape index (κ1) is 16.0. The molecule has 3 heteroatoms. The molecule has 1 atom stereocenters. The summed E-state index contributed by atoms with van der Waals surface area (Å²) in [5.74, 6) is 0.584. The largest absolute Gasteiger partial charge is 0.508 e. The number of benzene rings is 1. The molecule has 3 N–H and O–H groups in total. The van der Waals surface area contributed by atoms with Crippen molar-refractivity contribution in [3.8, 4) is 5.75 Å². The second-order valence-corrected chi connectivity index (χ2v) is 6.16. The van der Waals surface area contributed by atoms with Crippen molar-refractivity contribution in [3.05, 3.63) is 29.3 Å². The quantitative estimate of drug-likeness (QED) is 0.740. The minimum absolute atomic E-state index is 0.0999. The fourth-order valence-electron chi connectivity index (χ4n) is 2.15. The molecule has 0 saturated heterocycles. The van der Waals surface area contributed by atoms with Crippen LogP contribution in [0.4, 0.5) is 0 Å². The number of aliphatic hydroxyl groups is 1. The van der Waals surface area contributed by atoms with E-state index in [9.17, 15) is 10.2 Å². The molecule has 0 spiro atoms. The number of hydrogen-bond acceptors (Lipinski definition) is 3. The van der Waals surface area contributed by atoms with E-state index in [0.29, 0.717) is 11.5 Å². The molecule has 0 aromatic heterocycles. The second kappa shape index (κ2) is 6.92. The third-order valence-corrected chi connectivity index (χ3v) is 3.26. The maximum Gasteiger partial charge on any atom is 0.121 e. The SMILES string of the molecule is CCCC(CNC(C)(C)C)c1ccc(O)c(CO)c1. The van der Waals surface area contributed by atoms with Crippen LogP contribution in [0, 0.1) is 0 Å². The standard InChI is InChI=1S/C16H27NO2/c1-5-6-13(10-17-16(2,3)4)12-7-8-15(19)14(9-12)11-18/h7-9,13,17-19H,5-6,10-11H2,1-4H3. The van der Waals surface area contributed by atoms with E-state index in [-0.39, 0.29) is 17.9 Å². The van der Waals surface area contributed by atoms with Gasteiger partial charge >= 0.3 is 0 Å². The molecule has 0 aliphatic heterocycles. The van der Waals surface area contributed by atoms with Crippen molar-refractivity contribution in [1.82, 2.24) is 5.32 Å². The van der Waals surface area contributed by atoms with Crippen LogP contribution in [-0.2, 0) is 6.61 Å². The molecule has 0 fully saturated rings. The lowest BCUT2D eigenvalue weighted by atomic mass is 9.92. The van der Waals surface area contributed by atoms with Crippen LogP contribution in [0.5, 0.6) is 5.75 Å². The lowest BCUT2D eigenvalue weighted by Crippen LogP contribution is -2.38. The molecule has 1 aromatic rings. The summed E-state index contributed by atoms with van der Waals surface area (Å²) in [4.78, 5) is 0. The van der Waals surface area contributed by atoms with Gasteiger partial charge in [-0.2, -0.15) is 0 Å². The van der Waals surface area contributed by atoms with Gasteiger partial charge in [0.05, 0.1) is 6.61 Å². The van der Waals surface area contributed by atoms with Gasteiger partial charge in [0.15, 0.2) is 0 Å². The highest BCUT2D eigenvalue weighted by Gasteiger charge is 2.16. The van der Waals surface area contributed by atoms with Crippen LogP contribution in [0.2, 0.25) is 0 Å². The summed E-state index contributed by atoms with van der Waals surface area (Å²) < 4.78 is 0. The first-order chi connectivity index (χ1) is 8.87. The zero-order valence-corrected chi connectivity index (χ0v) is 12.5. The smallest absolute Gasteiger partial charge is 0.121 e. The zero-order chi connectivity index (χ0) is 14.5. The van der Waals surface area contributed by atoms with Crippen molar-refractivity contribution in [3.63, 3.8) is 0 Å². The average molecular weight is 265 g/mol. The molecule has 19 heavy (non-hydrogen) atoms. The fourth-order valence-corrected chi connectivity index (χ4v) is 2.15. The van der Waals surface area contributed by atoms with E-state index in [1.807, 2.05) is 12.1 Å². The van der Waals surface area contributed by atoms with E-state index in [4.69, 9.17) is 0 Å². The van der Waals surface area contributed by atoms with Gasteiger partial charge in [0.25, 0.3) is 0 Å². The lowest BCUT2D eigenvalue weighted by Gasteiger charge is -2.26. The molecule has 0 radical (unpaired) electrons. The van der Waals surface area contributed by atoms with Crippen molar-refractivity contribution in [1.29, 1.82) is 0 Å². The fraction of sp³-hybridized carbons (Fsp3) is 0.625. The number of rotatable bonds is 6. The monoisotopic (exact) mass is 265 g/mol. The first-order valence-corrected chi connectivity index (χ1v) is 7.05. The maximum atomic E-state index is 9.63. The Morgan fingerprint density at radius 2 is 1.95 bits per heavy atom. The molecule has 0 amide bonds. The molecule has 0 saturated carbocycles. The average Bonchev–Trinajstić information content (AvgIpc) is 2.34. The van der Waals surface area contributed by atoms with Crippen LogP contribution in [0.15, 0.2) is 18.2 Å². The Hall–Kier alpha value is -1.06. The van der Waals surface area contributed by atoms with E-state index in [2.05, 4.69) is 33.0 Å². The van der Waals surface area contributed by atoms with Crippen LogP contribution < -0.4 is 5.32 Å². The Bertz CT molecular complexity index is 396. The van der Waals surface area contributed by atoms with Crippen LogP contribution in [-0.4, -0.2) is 22.3 Å². The van der Waals surface area contributed by atoms with Crippen molar-refractivity contribution >= 4 is 0 Å². The Labute approximate surface area is 116 Å². The van der Waals surface area contributed by atoms with Gasteiger partial charge in [-0.3, -0.25) is 0 Å². The Balaban J connectivity index is 2.86. The number of aliphatic hydroxyl groups excluding tert-OH is 1. The summed E-state index contributed by atoms with van der Waals surface area (Å²) in [6.45, 7) is 9.44. The van der Waals surface area contributed by atoms with Gasteiger partial charge in [0.2, 0.25) is 0 Å². The maximum absolute atomic E-state index is 9.63.